The van der Waals surface area contributed by atoms with Crippen molar-refractivity contribution >= 4 is 23.3 Å². The summed E-state index contributed by atoms with van der Waals surface area (Å²) in [6.07, 6.45) is 1.93. The van der Waals surface area contributed by atoms with E-state index in [1.165, 1.54) is 11.1 Å². The Balaban J connectivity index is 1.86. The van der Waals surface area contributed by atoms with Crippen LogP contribution in [0, 0.1) is 6.92 Å². The molecule has 0 atom stereocenters. The molecule has 0 fully saturated rings. The summed E-state index contributed by atoms with van der Waals surface area (Å²) >= 11 is 0. The third-order valence-corrected chi connectivity index (χ3v) is 4.26. The summed E-state index contributed by atoms with van der Waals surface area (Å²) in [6.45, 7) is 6.50. The van der Waals surface area contributed by atoms with Gasteiger partial charge in [0, 0.05) is 23.2 Å². The minimum absolute atomic E-state index is 0.505. The van der Waals surface area contributed by atoms with E-state index in [9.17, 15) is 0 Å². The Bertz CT molecular complexity index is 879. The molecule has 0 radical (unpaired) electrons. The molecule has 0 aliphatic heterocycles. The van der Waals surface area contributed by atoms with Crippen LogP contribution in [-0.2, 0) is 0 Å². The van der Waals surface area contributed by atoms with Gasteiger partial charge in [0.15, 0.2) is 0 Å². The van der Waals surface area contributed by atoms with Crippen molar-refractivity contribution in [2.75, 3.05) is 5.32 Å². The number of anilines is 2. The van der Waals surface area contributed by atoms with Crippen molar-refractivity contribution in [3.8, 4) is 0 Å². The largest absolute Gasteiger partial charge is 0.355 e. The van der Waals surface area contributed by atoms with E-state index in [2.05, 4.69) is 79.6 Å². The summed E-state index contributed by atoms with van der Waals surface area (Å²) in [6, 6.07) is 24.9. The molecule has 2 nitrogen and oxygen atoms in total. The number of benzene rings is 3. The molecule has 3 aromatic carbocycles. The Kier molecular flexibility index (Phi) is 5.30. The number of nitrogens with one attached hydrogen (secondary N) is 1. The van der Waals surface area contributed by atoms with Crippen LogP contribution in [0.25, 0.3) is 0 Å². The van der Waals surface area contributed by atoms with Gasteiger partial charge in [-0.1, -0.05) is 62.4 Å². The first-order valence-corrected chi connectivity index (χ1v) is 8.69. The van der Waals surface area contributed by atoms with Gasteiger partial charge in [0.1, 0.15) is 0 Å². The van der Waals surface area contributed by atoms with E-state index in [4.69, 9.17) is 0 Å². The molecule has 25 heavy (non-hydrogen) atoms. The molecule has 126 valence electrons. The highest BCUT2D eigenvalue weighted by Gasteiger charge is 2.03. The maximum Gasteiger partial charge on any atom is 0.0632 e. The highest BCUT2D eigenvalue weighted by atomic mass is 14.9. The van der Waals surface area contributed by atoms with Crippen molar-refractivity contribution in [2.24, 2.45) is 4.99 Å². The van der Waals surface area contributed by atoms with Gasteiger partial charge in [-0.25, -0.2) is 0 Å². The van der Waals surface area contributed by atoms with Gasteiger partial charge in [0.2, 0.25) is 0 Å². The summed E-state index contributed by atoms with van der Waals surface area (Å²) in [4.78, 5) is 4.68. The van der Waals surface area contributed by atoms with Crippen molar-refractivity contribution in [1.29, 1.82) is 0 Å². The first-order valence-electron chi connectivity index (χ1n) is 8.69. The minimum atomic E-state index is 0.505. The van der Waals surface area contributed by atoms with Crippen LogP contribution in [0.2, 0.25) is 0 Å². The zero-order valence-corrected chi connectivity index (χ0v) is 15.0. The second kappa shape index (κ2) is 7.80. The molecule has 0 saturated carbocycles. The van der Waals surface area contributed by atoms with Gasteiger partial charge in [0.25, 0.3) is 0 Å². The van der Waals surface area contributed by atoms with Crippen LogP contribution in [0.5, 0.6) is 0 Å². The van der Waals surface area contributed by atoms with Gasteiger partial charge < -0.3 is 5.32 Å². The molecule has 0 saturated heterocycles. The predicted molar refractivity (Wildman–Crippen MR) is 109 cm³/mol. The molecule has 0 aromatic heterocycles. The number of aryl methyl sites for hydroxylation is 1. The number of para-hydroxylation sites is 2. The Morgan fingerprint density at radius 1 is 0.840 bits per heavy atom. The lowest BCUT2D eigenvalue weighted by Crippen LogP contribution is -1.96. The number of aliphatic imine (C=N–C) groups is 1. The molecular formula is C23H24N2. The number of hydrogen-bond donors (Lipinski definition) is 1. The minimum Gasteiger partial charge on any atom is -0.355 e. The van der Waals surface area contributed by atoms with Crippen LogP contribution in [0.15, 0.2) is 77.8 Å². The third-order valence-electron chi connectivity index (χ3n) is 4.26. The third kappa shape index (κ3) is 4.36. The Morgan fingerprint density at radius 2 is 1.56 bits per heavy atom. The molecule has 0 heterocycles. The standard InChI is InChI=1S/C23H24N2/c1-17(2)19-11-8-12-21(15-19)24-16-20-10-5-7-14-23(20)25-22-13-6-4-9-18(22)3/h4-17,25H,1-3H3. The molecule has 1 N–H and O–H groups in total. The first kappa shape index (κ1) is 17.0. The van der Waals surface area contributed by atoms with Gasteiger partial charge in [-0.15, -0.1) is 0 Å². The SMILES string of the molecule is Cc1ccccc1Nc1ccccc1C=Nc1cccc(C(C)C)c1. The van der Waals surface area contributed by atoms with Crippen LogP contribution >= 0.6 is 0 Å². The second-order valence-corrected chi connectivity index (χ2v) is 6.54. The van der Waals surface area contributed by atoms with E-state index in [1.54, 1.807) is 0 Å². The molecule has 0 amide bonds. The Hall–Kier alpha value is -2.87. The van der Waals surface area contributed by atoms with E-state index in [1.807, 2.05) is 30.5 Å². The van der Waals surface area contributed by atoms with Gasteiger partial charge in [-0.2, -0.15) is 0 Å². The highest BCUT2D eigenvalue weighted by Crippen LogP contribution is 2.24. The second-order valence-electron chi connectivity index (χ2n) is 6.54. The van der Waals surface area contributed by atoms with Gasteiger partial charge in [-0.3, -0.25) is 4.99 Å². The molecular weight excluding hydrogens is 304 g/mol. The van der Waals surface area contributed by atoms with E-state index >= 15 is 0 Å². The van der Waals surface area contributed by atoms with Gasteiger partial charge in [0.05, 0.1) is 5.69 Å². The smallest absolute Gasteiger partial charge is 0.0632 e. The van der Waals surface area contributed by atoms with Crippen molar-refractivity contribution < 1.29 is 0 Å². The van der Waals surface area contributed by atoms with Crippen LogP contribution in [0.3, 0.4) is 0 Å². The molecule has 0 aliphatic carbocycles. The lowest BCUT2D eigenvalue weighted by Gasteiger charge is -2.11. The Labute approximate surface area is 150 Å². The summed E-state index contributed by atoms with van der Waals surface area (Å²) in [5, 5.41) is 3.52. The van der Waals surface area contributed by atoms with E-state index in [0.717, 1.165) is 22.6 Å². The fourth-order valence-corrected chi connectivity index (χ4v) is 2.69. The summed E-state index contributed by atoms with van der Waals surface area (Å²) in [5.74, 6) is 0.505. The van der Waals surface area contributed by atoms with Crippen molar-refractivity contribution in [1.82, 2.24) is 0 Å². The number of nitrogens with zero attached hydrogens (tertiary/aromatic N) is 1. The average molecular weight is 328 g/mol. The van der Waals surface area contributed by atoms with Gasteiger partial charge >= 0.3 is 0 Å². The monoisotopic (exact) mass is 328 g/mol. The summed E-state index contributed by atoms with van der Waals surface area (Å²) in [7, 11) is 0. The van der Waals surface area contributed by atoms with Gasteiger partial charge in [-0.05, 0) is 48.2 Å². The predicted octanol–water partition coefficient (Wildman–Crippen LogP) is 6.61. The highest BCUT2D eigenvalue weighted by molar-refractivity contribution is 5.90. The zero-order valence-electron chi connectivity index (χ0n) is 15.0. The van der Waals surface area contributed by atoms with E-state index in [0.29, 0.717) is 5.92 Å². The summed E-state index contributed by atoms with van der Waals surface area (Å²) < 4.78 is 0. The lowest BCUT2D eigenvalue weighted by molar-refractivity contribution is 0.867. The zero-order chi connectivity index (χ0) is 17.6. The molecule has 3 aromatic rings. The maximum absolute atomic E-state index is 4.68. The normalized spacial score (nSPS) is 11.2. The van der Waals surface area contributed by atoms with Crippen molar-refractivity contribution in [2.45, 2.75) is 26.7 Å². The van der Waals surface area contributed by atoms with Crippen molar-refractivity contribution in [3.05, 3.63) is 89.5 Å². The van der Waals surface area contributed by atoms with Crippen LogP contribution in [0.4, 0.5) is 17.1 Å². The first-order chi connectivity index (χ1) is 12.1. The fraction of sp³-hybridized carbons (Fsp3) is 0.174. The van der Waals surface area contributed by atoms with Crippen LogP contribution in [0.1, 0.15) is 36.5 Å². The average Bonchev–Trinajstić information content (AvgIpc) is 2.63. The van der Waals surface area contributed by atoms with E-state index < -0.39 is 0 Å². The topological polar surface area (TPSA) is 24.4 Å². The Morgan fingerprint density at radius 3 is 2.32 bits per heavy atom. The molecule has 3 rings (SSSR count). The van der Waals surface area contributed by atoms with Crippen LogP contribution < -0.4 is 5.32 Å². The fourth-order valence-electron chi connectivity index (χ4n) is 2.69. The molecule has 0 bridgehead atoms. The lowest BCUT2D eigenvalue weighted by atomic mass is 10.0. The molecule has 0 unspecified atom stereocenters. The molecule has 0 aliphatic rings. The maximum atomic E-state index is 4.68. The molecule has 0 spiro atoms. The van der Waals surface area contributed by atoms with E-state index in [-0.39, 0.29) is 0 Å². The number of rotatable bonds is 5. The summed E-state index contributed by atoms with van der Waals surface area (Å²) in [5.41, 5.74) is 6.75. The number of hydrogen-bond acceptors (Lipinski definition) is 2. The van der Waals surface area contributed by atoms with Crippen molar-refractivity contribution in [3.63, 3.8) is 0 Å². The molecule has 2 heteroatoms. The van der Waals surface area contributed by atoms with Crippen LogP contribution in [-0.4, -0.2) is 6.21 Å². The quantitative estimate of drug-likeness (QED) is 0.523.